The van der Waals surface area contributed by atoms with Gasteiger partial charge in [0, 0.05) is 24.0 Å². The third kappa shape index (κ3) is 2.36. The first-order valence-electron chi connectivity index (χ1n) is 6.00. The lowest BCUT2D eigenvalue weighted by Crippen LogP contribution is -2.38. The van der Waals surface area contributed by atoms with Crippen molar-refractivity contribution < 1.29 is 14.3 Å². The van der Waals surface area contributed by atoms with E-state index in [1.807, 2.05) is 0 Å². The lowest BCUT2D eigenvalue weighted by molar-refractivity contribution is -0.144. The number of amides is 1. The van der Waals surface area contributed by atoms with Crippen molar-refractivity contribution in [3.8, 4) is 0 Å². The Morgan fingerprint density at radius 1 is 1.40 bits per heavy atom. The Kier molecular flexibility index (Phi) is 3.71. The zero-order chi connectivity index (χ0) is 15.0. The predicted molar refractivity (Wildman–Crippen MR) is 76.0 cm³/mol. The van der Waals surface area contributed by atoms with Gasteiger partial charge in [-0.25, -0.2) is 4.90 Å². The molecule has 1 amide bonds. The van der Waals surface area contributed by atoms with Crippen LogP contribution < -0.4 is 4.90 Å². The van der Waals surface area contributed by atoms with E-state index < -0.39 is 12.2 Å². The molecular formula is C13H15N3O3S. The number of ether oxygens (including phenoxy) is 1. The number of aromatic nitrogens is 2. The lowest BCUT2D eigenvalue weighted by Gasteiger charge is -2.22. The minimum Gasteiger partial charge on any atom is -0.437 e. The molecule has 1 unspecified atom stereocenters. The van der Waals surface area contributed by atoms with Crippen LogP contribution in [-0.2, 0) is 14.3 Å². The Hall–Kier alpha value is -2.02. The summed E-state index contributed by atoms with van der Waals surface area (Å²) in [5.41, 5.74) is 1.98. The molecule has 1 atom stereocenters. The number of carbonyl (C=O) groups is 2. The fraction of sp³-hybridized carbons (Fsp3) is 0.385. The number of nitrogens with zero attached hydrogens (tertiary/aromatic N) is 3. The minimum atomic E-state index is -0.745. The van der Waals surface area contributed by atoms with Crippen LogP contribution in [0.1, 0.15) is 33.5 Å². The average molecular weight is 293 g/mol. The third-order valence-corrected chi connectivity index (χ3v) is 3.73. The van der Waals surface area contributed by atoms with E-state index in [9.17, 15) is 9.59 Å². The van der Waals surface area contributed by atoms with Crippen molar-refractivity contribution in [2.24, 2.45) is 0 Å². The van der Waals surface area contributed by atoms with Gasteiger partial charge in [-0.05, 0) is 31.9 Å². The molecule has 1 aliphatic rings. The van der Waals surface area contributed by atoms with Crippen molar-refractivity contribution >= 4 is 34.1 Å². The largest absolute Gasteiger partial charge is 0.437 e. The summed E-state index contributed by atoms with van der Waals surface area (Å²) in [6.45, 7) is 10.3. The molecule has 1 aromatic rings. The molecule has 0 fully saturated rings. The van der Waals surface area contributed by atoms with Crippen molar-refractivity contribution in [3.05, 3.63) is 23.5 Å². The van der Waals surface area contributed by atoms with Gasteiger partial charge in [0.1, 0.15) is 0 Å². The molecule has 106 valence electrons. The molecular weight excluding hydrogens is 278 g/mol. The van der Waals surface area contributed by atoms with Crippen molar-refractivity contribution in [1.82, 2.24) is 9.36 Å². The lowest BCUT2D eigenvalue weighted by atomic mass is 10.2. The van der Waals surface area contributed by atoms with Crippen LogP contribution in [0.4, 0.5) is 5.13 Å². The number of allylic oxidation sites excluding steroid dienone is 1. The number of anilines is 1. The van der Waals surface area contributed by atoms with Gasteiger partial charge in [0.25, 0.3) is 5.91 Å². The Morgan fingerprint density at radius 2 is 2.05 bits per heavy atom. The minimum absolute atomic E-state index is 0.224. The maximum absolute atomic E-state index is 12.3. The number of hydrogen-bond donors (Lipinski definition) is 0. The van der Waals surface area contributed by atoms with Crippen molar-refractivity contribution in [2.45, 2.75) is 33.9 Å². The van der Waals surface area contributed by atoms with Gasteiger partial charge in [-0.3, -0.25) is 9.59 Å². The molecule has 2 rings (SSSR count). The van der Waals surface area contributed by atoms with Crippen LogP contribution >= 0.6 is 11.5 Å². The van der Waals surface area contributed by atoms with E-state index in [2.05, 4.69) is 15.9 Å². The summed E-state index contributed by atoms with van der Waals surface area (Å²) < 4.78 is 9.36. The van der Waals surface area contributed by atoms with Crippen molar-refractivity contribution in [3.63, 3.8) is 0 Å². The van der Waals surface area contributed by atoms with Crippen LogP contribution in [0.2, 0.25) is 0 Å². The standard InChI is InChI=1S/C13H15N3O3S/c1-6(2)10-14-13(20-15-10)16-11(18)7(3)8(4)12(16)19-9(5)17/h12H,1H2,2-5H3. The molecule has 0 aromatic carbocycles. The highest BCUT2D eigenvalue weighted by molar-refractivity contribution is 7.10. The first kappa shape index (κ1) is 14.4. The van der Waals surface area contributed by atoms with E-state index in [0.717, 1.165) is 11.5 Å². The van der Waals surface area contributed by atoms with Gasteiger partial charge in [0.05, 0.1) is 0 Å². The van der Waals surface area contributed by atoms with Crippen molar-refractivity contribution in [2.75, 3.05) is 4.90 Å². The van der Waals surface area contributed by atoms with Gasteiger partial charge in [-0.1, -0.05) is 6.58 Å². The van der Waals surface area contributed by atoms with Gasteiger partial charge in [0.2, 0.25) is 11.4 Å². The second-order valence-electron chi connectivity index (χ2n) is 4.63. The number of carbonyl (C=O) groups excluding carboxylic acids is 2. The Labute approximate surface area is 120 Å². The predicted octanol–water partition coefficient (Wildman–Crippen LogP) is 2.14. The first-order chi connectivity index (χ1) is 9.32. The van der Waals surface area contributed by atoms with Crippen LogP contribution in [0.3, 0.4) is 0 Å². The maximum atomic E-state index is 12.3. The normalized spacial score (nSPS) is 18.7. The highest BCUT2D eigenvalue weighted by Crippen LogP contribution is 2.33. The van der Waals surface area contributed by atoms with E-state index >= 15 is 0 Å². The fourth-order valence-corrected chi connectivity index (χ4v) is 2.57. The summed E-state index contributed by atoms with van der Waals surface area (Å²) >= 11 is 1.08. The maximum Gasteiger partial charge on any atom is 0.304 e. The average Bonchev–Trinajstić information content (AvgIpc) is 2.91. The van der Waals surface area contributed by atoms with Gasteiger partial charge in [-0.15, -0.1) is 0 Å². The molecule has 7 heteroatoms. The summed E-state index contributed by atoms with van der Waals surface area (Å²) in [6.07, 6.45) is -0.745. The smallest absolute Gasteiger partial charge is 0.304 e. The second kappa shape index (κ2) is 5.16. The summed E-state index contributed by atoms with van der Waals surface area (Å²) in [5.74, 6) is -0.189. The quantitative estimate of drug-likeness (QED) is 0.798. The van der Waals surface area contributed by atoms with E-state index in [1.54, 1.807) is 20.8 Å². The van der Waals surface area contributed by atoms with Crippen LogP contribution in [0.5, 0.6) is 0 Å². The van der Waals surface area contributed by atoms with Crippen LogP contribution in [0, 0.1) is 0 Å². The first-order valence-corrected chi connectivity index (χ1v) is 6.78. The summed E-state index contributed by atoms with van der Waals surface area (Å²) in [5, 5.41) is 0.399. The van der Waals surface area contributed by atoms with Gasteiger partial charge >= 0.3 is 5.97 Å². The number of hydrogen-bond acceptors (Lipinski definition) is 6. The molecule has 0 saturated carbocycles. The van der Waals surface area contributed by atoms with Gasteiger partial charge < -0.3 is 4.74 Å². The molecule has 0 aliphatic carbocycles. The second-order valence-corrected chi connectivity index (χ2v) is 5.36. The van der Waals surface area contributed by atoms with E-state index in [-0.39, 0.29) is 5.91 Å². The number of rotatable bonds is 3. The zero-order valence-corrected chi connectivity index (χ0v) is 12.6. The summed E-state index contributed by atoms with van der Waals surface area (Å²) in [7, 11) is 0. The van der Waals surface area contributed by atoms with Crippen molar-refractivity contribution in [1.29, 1.82) is 0 Å². The molecule has 2 heterocycles. The highest BCUT2D eigenvalue weighted by atomic mass is 32.1. The molecule has 0 radical (unpaired) electrons. The summed E-state index contributed by atoms with van der Waals surface area (Å²) in [4.78, 5) is 29.1. The monoisotopic (exact) mass is 293 g/mol. The Morgan fingerprint density at radius 3 is 2.55 bits per heavy atom. The molecule has 1 aliphatic heterocycles. The third-order valence-electron chi connectivity index (χ3n) is 3.02. The van der Waals surface area contributed by atoms with E-state index in [1.165, 1.54) is 11.8 Å². The SMILES string of the molecule is C=C(C)c1nsc(N2C(=O)C(C)=C(C)C2OC(C)=O)n1. The van der Waals surface area contributed by atoms with Gasteiger partial charge in [0.15, 0.2) is 5.82 Å². The molecule has 1 aromatic heterocycles. The molecule has 6 nitrogen and oxygen atoms in total. The molecule has 0 spiro atoms. The van der Waals surface area contributed by atoms with Crippen LogP contribution in [0.25, 0.3) is 5.57 Å². The Balaban J connectivity index is 2.39. The fourth-order valence-electron chi connectivity index (χ4n) is 1.81. The molecule has 0 N–H and O–H groups in total. The molecule has 20 heavy (non-hydrogen) atoms. The van der Waals surface area contributed by atoms with E-state index in [4.69, 9.17) is 4.74 Å². The van der Waals surface area contributed by atoms with Crippen LogP contribution in [0.15, 0.2) is 17.7 Å². The van der Waals surface area contributed by atoms with E-state index in [0.29, 0.717) is 27.7 Å². The van der Waals surface area contributed by atoms with Gasteiger partial charge in [-0.2, -0.15) is 9.36 Å². The molecule has 0 saturated heterocycles. The van der Waals surface area contributed by atoms with Crippen LogP contribution in [-0.4, -0.2) is 27.5 Å². The Bertz CT molecular complexity index is 633. The molecule has 0 bridgehead atoms. The topological polar surface area (TPSA) is 72.4 Å². The highest BCUT2D eigenvalue weighted by Gasteiger charge is 2.40. The number of esters is 1. The summed E-state index contributed by atoms with van der Waals surface area (Å²) in [6, 6.07) is 0. The zero-order valence-electron chi connectivity index (χ0n) is 11.8.